The molecule has 6 nitrogen and oxygen atoms in total. The molecule has 1 aliphatic rings. The minimum atomic E-state index is -0.442. The number of ether oxygens (including phenoxy) is 1. The lowest BCUT2D eigenvalue weighted by atomic mass is 10.1. The molecule has 0 radical (unpaired) electrons. The van der Waals surface area contributed by atoms with Gasteiger partial charge in [0.25, 0.3) is 0 Å². The third kappa shape index (κ3) is 2.36. The molecule has 1 amide bonds. The van der Waals surface area contributed by atoms with Crippen molar-refractivity contribution in [3.63, 3.8) is 0 Å². The molecule has 1 atom stereocenters. The number of carbonyl (C=O) groups is 1. The summed E-state index contributed by atoms with van der Waals surface area (Å²) in [5, 5.41) is 4.74. The number of halogens is 2. The first-order valence-corrected chi connectivity index (χ1v) is 8.02. The Hall–Kier alpha value is -2.12. The third-order valence-electron chi connectivity index (χ3n) is 3.70. The van der Waals surface area contributed by atoms with Gasteiger partial charge in [0.1, 0.15) is 18.5 Å². The Bertz CT molecular complexity index is 913. The molecule has 3 heterocycles. The van der Waals surface area contributed by atoms with Crippen LogP contribution < -0.4 is 4.90 Å². The molecular weight excluding hydrogens is 384 g/mol. The third-order valence-corrected chi connectivity index (χ3v) is 4.60. The molecule has 1 saturated heterocycles. The molecule has 4 rings (SSSR count). The van der Waals surface area contributed by atoms with E-state index in [1.54, 1.807) is 29.0 Å². The highest BCUT2D eigenvalue weighted by Gasteiger charge is 2.37. The quantitative estimate of drug-likeness (QED) is 0.664. The van der Waals surface area contributed by atoms with Gasteiger partial charge in [-0.1, -0.05) is 29.8 Å². The van der Waals surface area contributed by atoms with Crippen molar-refractivity contribution in [1.82, 2.24) is 14.6 Å². The maximum absolute atomic E-state index is 12.2. The van der Waals surface area contributed by atoms with Crippen LogP contribution in [-0.2, 0) is 4.74 Å². The second-order valence-corrected chi connectivity index (χ2v) is 6.29. The van der Waals surface area contributed by atoms with E-state index in [1.807, 2.05) is 18.2 Å². The molecule has 0 bridgehead atoms. The highest BCUT2D eigenvalue weighted by molar-refractivity contribution is 9.10. The van der Waals surface area contributed by atoms with E-state index in [0.717, 1.165) is 10.0 Å². The van der Waals surface area contributed by atoms with E-state index >= 15 is 0 Å². The predicted molar refractivity (Wildman–Crippen MR) is 88.7 cm³/mol. The van der Waals surface area contributed by atoms with Crippen LogP contribution in [0, 0.1) is 0 Å². The molecular formula is C15H10BrClN4O2. The van der Waals surface area contributed by atoms with E-state index in [9.17, 15) is 4.79 Å². The van der Waals surface area contributed by atoms with Gasteiger partial charge in [-0.25, -0.2) is 14.3 Å². The van der Waals surface area contributed by atoms with Crippen molar-refractivity contribution in [1.29, 1.82) is 0 Å². The number of nitrogens with zero attached hydrogens (tertiary/aromatic N) is 4. The second-order valence-electron chi connectivity index (χ2n) is 5.03. The van der Waals surface area contributed by atoms with E-state index < -0.39 is 6.09 Å². The summed E-state index contributed by atoms with van der Waals surface area (Å²) < 4.78 is 7.60. The number of hydrogen-bond acceptors (Lipinski definition) is 4. The van der Waals surface area contributed by atoms with Gasteiger partial charge in [0.05, 0.1) is 10.7 Å². The Morgan fingerprint density at radius 3 is 2.96 bits per heavy atom. The van der Waals surface area contributed by atoms with E-state index in [1.165, 1.54) is 4.90 Å². The van der Waals surface area contributed by atoms with Crippen LogP contribution in [0.1, 0.15) is 11.6 Å². The van der Waals surface area contributed by atoms with Gasteiger partial charge in [0.15, 0.2) is 5.65 Å². The van der Waals surface area contributed by atoms with Crippen LogP contribution in [0.25, 0.3) is 5.65 Å². The lowest BCUT2D eigenvalue weighted by Crippen LogP contribution is -2.28. The molecule has 1 fully saturated rings. The number of hydrogen-bond donors (Lipinski definition) is 0. The lowest BCUT2D eigenvalue weighted by molar-refractivity contribution is 0.179. The minimum Gasteiger partial charge on any atom is -0.447 e. The first kappa shape index (κ1) is 14.5. The first-order chi connectivity index (χ1) is 11.1. The molecule has 0 aliphatic carbocycles. The van der Waals surface area contributed by atoms with Gasteiger partial charge in [-0.2, -0.15) is 5.10 Å². The number of anilines is 1. The van der Waals surface area contributed by atoms with Crippen LogP contribution in [0.2, 0.25) is 5.02 Å². The van der Waals surface area contributed by atoms with Crippen LogP contribution in [0.3, 0.4) is 0 Å². The molecule has 2 aromatic heterocycles. The smallest absolute Gasteiger partial charge is 0.416 e. The highest BCUT2D eigenvalue weighted by atomic mass is 79.9. The Morgan fingerprint density at radius 1 is 1.30 bits per heavy atom. The number of aromatic nitrogens is 3. The number of carbonyl (C=O) groups excluding carboxylic acids is 1. The van der Waals surface area contributed by atoms with Gasteiger partial charge in [-0.05, 0) is 33.6 Å². The molecule has 0 spiro atoms. The van der Waals surface area contributed by atoms with Crippen molar-refractivity contribution in [3.8, 4) is 0 Å². The Kier molecular flexibility index (Phi) is 3.46. The summed E-state index contributed by atoms with van der Waals surface area (Å²) in [7, 11) is 0. The zero-order valence-electron chi connectivity index (χ0n) is 11.7. The van der Waals surface area contributed by atoms with Gasteiger partial charge in [-0.3, -0.25) is 4.90 Å². The Morgan fingerprint density at radius 2 is 2.13 bits per heavy atom. The number of fused-ring (bicyclic) bond motifs is 1. The molecule has 0 unspecified atom stereocenters. The summed E-state index contributed by atoms with van der Waals surface area (Å²) in [5.41, 5.74) is 1.45. The highest BCUT2D eigenvalue weighted by Crippen LogP contribution is 2.35. The van der Waals surface area contributed by atoms with Gasteiger partial charge < -0.3 is 4.74 Å². The summed E-state index contributed by atoms with van der Waals surface area (Å²) >= 11 is 9.67. The minimum absolute atomic E-state index is 0.232. The first-order valence-electron chi connectivity index (χ1n) is 6.85. The standard InChI is InChI=1S/C15H10BrClN4O2/c16-10-7-18-20-6-5-13(19-14(10)20)21-12(8-23-15(21)22)9-3-1-2-4-11(9)17/h1-7,12H,8H2/t12-/m1/s1. The van der Waals surface area contributed by atoms with Crippen LogP contribution in [0.4, 0.5) is 10.6 Å². The van der Waals surface area contributed by atoms with Crippen molar-refractivity contribution in [2.24, 2.45) is 0 Å². The Balaban J connectivity index is 1.81. The van der Waals surface area contributed by atoms with Crippen LogP contribution >= 0.6 is 27.5 Å². The van der Waals surface area contributed by atoms with Crippen molar-refractivity contribution >= 4 is 45.1 Å². The number of rotatable bonds is 2. The van der Waals surface area contributed by atoms with Gasteiger partial charge >= 0.3 is 6.09 Å². The fourth-order valence-corrected chi connectivity index (χ4v) is 3.24. The largest absolute Gasteiger partial charge is 0.447 e. The fourth-order valence-electron chi connectivity index (χ4n) is 2.61. The molecule has 0 N–H and O–H groups in total. The number of benzene rings is 1. The summed E-state index contributed by atoms with van der Waals surface area (Å²) in [6.07, 6.45) is 2.96. The van der Waals surface area contributed by atoms with E-state index in [4.69, 9.17) is 16.3 Å². The van der Waals surface area contributed by atoms with E-state index in [-0.39, 0.29) is 12.6 Å². The van der Waals surface area contributed by atoms with Crippen molar-refractivity contribution < 1.29 is 9.53 Å². The molecule has 0 saturated carbocycles. The van der Waals surface area contributed by atoms with Gasteiger partial charge in [-0.15, -0.1) is 0 Å². The zero-order valence-corrected chi connectivity index (χ0v) is 14.0. The average molecular weight is 394 g/mol. The topological polar surface area (TPSA) is 59.7 Å². The van der Waals surface area contributed by atoms with Gasteiger partial charge in [0.2, 0.25) is 0 Å². The molecule has 23 heavy (non-hydrogen) atoms. The number of amides is 1. The summed E-state index contributed by atoms with van der Waals surface area (Å²) in [4.78, 5) is 18.2. The Labute approximate surface area is 144 Å². The summed E-state index contributed by atoms with van der Waals surface area (Å²) in [6, 6.07) is 8.82. The van der Waals surface area contributed by atoms with Gasteiger partial charge in [0, 0.05) is 11.2 Å². The second kappa shape index (κ2) is 5.50. The summed E-state index contributed by atoms with van der Waals surface area (Å²) in [6.45, 7) is 0.232. The van der Waals surface area contributed by atoms with Crippen LogP contribution in [0.5, 0.6) is 0 Å². The molecule has 1 aliphatic heterocycles. The molecule has 3 aromatic rings. The van der Waals surface area contributed by atoms with Crippen molar-refractivity contribution in [2.45, 2.75) is 6.04 Å². The maximum Gasteiger partial charge on any atom is 0.416 e. The van der Waals surface area contributed by atoms with E-state index in [2.05, 4.69) is 26.0 Å². The zero-order chi connectivity index (χ0) is 16.0. The molecule has 116 valence electrons. The van der Waals surface area contributed by atoms with Crippen LogP contribution in [-0.4, -0.2) is 27.3 Å². The van der Waals surface area contributed by atoms with Crippen molar-refractivity contribution in [3.05, 3.63) is 57.8 Å². The SMILES string of the molecule is O=C1OC[C@H](c2ccccc2Cl)N1c1ccn2ncc(Br)c2n1. The normalized spacial score (nSPS) is 17.7. The molecule has 8 heteroatoms. The van der Waals surface area contributed by atoms with E-state index in [0.29, 0.717) is 16.5 Å². The fraction of sp³-hybridized carbons (Fsp3) is 0.133. The monoisotopic (exact) mass is 392 g/mol. The van der Waals surface area contributed by atoms with Crippen LogP contribution in [0.15, 0.2) is 47.2 Å². The van der Waals surface area contributed by atoms with Crippen molar-refractivity contribution in [2.75, 3.05) is 11.5 Å². The number of cyclic esters (lactones) is 1. The lowest BCUT2D eigenvalue weighted by Gasteiger charge is -2.21. The summed E-state index contributed by atoms with van der Waals surface area (Å²) in [5.74, 6) is 0.492. The average Bonchev–Trinajstić information content (AvgIpc) is 3.11. The molecule has 1 aromatic carbocycles. The maximum atomic E-state index is 12.2. The predicted octanol–water partition coefficient (Wildman–Crippen LogP) is 3.84.